The molecule has 0 aromatic heterocycles. The van der Waals surface area contributed by atoms with E-state index in [0.717, 1.165) is 12.8 Å². The Hall–Kier alpha value is -2.78. The van der Waals surface area contributed by atoms with Crippen LogP contribution in [0.2, 0.25) is 0 Å². The van der Waals surface area contributed by atoms with E-state index in [-0.39, 0.29) is 28.4 Å². The molecule has 31 heavy (non-hydrogen) atoms. The third-order valence-electron chi connectivity index (χ3n) is 5.71. The molecule has 4 rings (SSSR count). The van der Waals surface area contributed by atoms with Crippen molar-refractivity contribution < 1.29 is 22.4 Å². The van der Waals surface area contributed by atoms with Crippen molar-refractivity contribution in [3.63, 3.8) is 0 Å². The molecular formula is C22H24FN3O4S. The van der Waals surface area contributed by atoms with Crippen LogP contribution in [0.4, 0.5) is 10.1 Å². The molecule has 1 unspecified atom stereocenters. The lowest BCUT2D eigenvalue weighted by atomic mass is 10.1. The number of carbonyl (C=O) groups is 2. The molecule has 164 valence electrons. The Bertz CT molecular complexity index is 1060. The maximum Gasteiger partial charge on any atom is 0.251 e. The van der Waals surface area contributed by atoms with Crippen LogP contribution in [0.25, 0.3) is 0 Å². The molecule has 0 saturated carbocycles. The van der Waals surface area contributed by atoms with E-state index in [1.165, 1.54) is 40.7 Å². The zero-order chi connectivity index (χ0) is 22.0. The number of rotatable bonds is 6. The summed E-state index contributed by atoms with van der Waals surface area (Å²) in [6, 6.07) is 11.7. The summed E-state index contributed by atoms with van der Waals surface area (Å²) in [7, 11) is -3.51. The summed E-state index contributed by atoms with van der Waals surface area (Å²) >= 11 is 0. The monoisotopic (exact) mass is 445 g/mol. The van der Waals surface area contributed by atoms with Crippen molar-refractivity contribution in [2.24, 2.45) is 5.92 Å². The minimum absolute atomic E-state index is 0.0590. The molecule has 2 aromatic rings. The van der Waals surface area contributed by atoms with E-state index in [2.05, 4.69) is 5.32 Å². The maximum atomic E-state index is 13.1. The predicted octanol–water partition coefficient (Wildman–Crippen LogP) is 2.39. The highest BCUT2D eigenvalue weighted by Crippen LogP contribution is 2.25. The van der Waals surface area contributed by atoms with Gasteiger partial charge in [-0.3, -0.25) is 9.59 Å². The number of carbonyl (C=O) groups excluding carboxylic acids is 2. The van der Waals surface area contributed by atoms with E-state index in [1.54, 1.807) is 17.0 Å². The van der Waals surface area contributed by atoms with Gasteiger partial charge in [0.2, 0.25) is 15.9 Å². The van der Waals surface area contributed by atoms with Crippen molar-refractivity contribution in [3.8, 4) is 0 Å². The third kappa shape index (κ3) is 4.62. The summed E-state index contributed by atoms with van der Waals surface area (Å²) in [6.45, 7) is 1.81. The van der Waals surface area contributed by atoms with Gasteiger partial charge in [-0.15, -0.1) is 0 Å². The van der Waals surface area contributed by atoms with E-state index in [0.29, 0.717) is 43.9 Å². The van der Waals surface area contributed by atoms with E-state index in [9.17, 15) is 22.4 Å². The quantitative estimate of drug-likeness (QED) is 0.740. The zero-order valence-corrected chi connectivity index (χ0v) is 17.8. The van der Waals surface area contributed by atoms with Crippen molar-refractivity contribution in [2.75, 3.05) is 31.1 Å². The van der Waals surface area contributed by atoms with Gasteiger partial charge in [0.25, 0.3) is 5.91 Å². The highest BCUT2D eigenvalue weighted by molar-refractivity contribution is 7.89. The van der Waals surface area contributed by atoms with E-state index < -0.39 is 10.0 Å². The lowest BCUT2D eigenvalue weighted by Gasteiger charge is -2.17. The molecule has 2 aliphatic heterocycles. The zero-order valence-electron chi connectivity index (χ0n) is 17.0. The van der Waals surface area contributed by atoms with Gasteiger partial charge < -0.3 is 10.2 Å². The minimum Gasteiger partial charge on any atom is -0.352 e. The van der Waals surface area contributed by atoms with Crippen molar-refractivity contribution >= 4 is 27.5 Å². The van der Waals surface area contributed by atoms with E-state index in [4.69, 9.17) is 0 Å². The molecule has 1 N–H and O–H groups in total. The lowest BCUT2D eigenvalue weighted by Crippen LogP contribution is -2.31. The number of nitrogens with one attached hydrogen (secondary N) is 1. The topological polar surface area (TPSA) is 86.8 Å². The van der Waals surface area contributed by atoms with Crippen molar-refractivity contribution in [1.82, 2.24) is 9.62 Å². The smallest absolute Gasteiger partial charge is 0.251 e. The number of benzene rings is 2. The molecule has 0 radical (unpaired) electrons. The molecule has 0 aliphatic carbocycles. The van der Waals surface area contributed by atoms with Crippen LogP contribution in [0.3, 0.4) is 0 Å². The van der Waals surface area contributed by atoms with Crippen molar-refractivity contribution in [2.45, 2.75) is 24.2 Å². The van der Waals surface area contributed by atoms with Gasteiger partial charge in [0.1, 0.15) is 5.82 Å². The fourth-order valence-electron chi connectivity index (χ4n) is 3.98. The van der Waals surface area contributed by atoms with Crippen molar-refractivity contribution in [1.29, 1.82) is 0 Å². The Balaban J connectivity index is 1.34. The molecule has 0 spiro atoms. The van der Waals surface area contributed by atoms with Crippen LogP contribution in [0.5, 0.6) is 0 Å². The summed E-state index contributed by atoms with van der Waals surface area (Å²) in [5.41, 5.74) is 0.995. The predicted molar refractivity (Wildman–Crippen MR) is 114 cm³/mol. The Morgan fingerprint density at radius 1 is 1.03 bits per heavy atom. The van der Waals surface area contributed by atoms with Crippen LogP contribution < -0.4 is 10.2 Å². The first kappa shape index (κ1) is 21.5. The second-order valence-electron chi connectivity index (χ2n) is 7.90. The van der Waals surface area contributed by atoms with Gasteiger partial charge in [-0.2, -0.15) is 4.31 Å². The fraction of sp³-hybridized carbons (Fsp3) is 0.364. The van der Waals surface area contributed by atoms with Crippen LogP contribution in [0.1, 0.15) is 29.6 Å². The minimum atomic E-state index is -3.51. The summed E-state index contributed by atoms with van der Waals surface area (Å²) in [4.78, 5) is 26.5. The largest absolute Gasteiger partial charge is 0.352 e. The maximum absolute atomic E-state index is 13.1. The number of hydrogen-bond donors (Lipinski definition) is 1. The van der Waals surface area contributed by atoms with Gasteiger partial charge in [0.15, 0.2) is 0 Å². The fourth-order valence-corrected chi connectivity index (χ4v) is 5.50. The van der Waals surface area contributed by atoms with Gasteiger partial charge in [-0.05, 0) is 61.4 Å². The highest BCUT2D eigenvalue weighted by Gasteiger charge is 2.31. The molecule has 9 heteroatoms. The summed E-state index contributed by atoms with van der Waals surface area (Å²) in [5.74, 6) is -0.810. The van der Waals surface area contributed by atoms with Crippen LogP contribution in [-0.2, 0) is 14.8 Å². The molecule has 7 nitrogen and oxygen atoms in total. The molecule has 1 atom stereocenters. The van der Waals surface area contributed by atoms with Crippen molar-refractivity contribution in [3.05, 3.63) is 59.9 Å². The Kier molecular flexibility index (Phi) is 6.06. The SMILES string of the molecule is O=C(NCC1CC(=O)N(c2ccc(F)cc2)C1)c1ccc(S(=O)(=O)N2CCCC2)cc1. The molecule has 2 heterocycles. The average molecular weight is 446 g/mol. The van der Waals surface area contributed by atoms with E-state index >= 15 is 0 Å². The second-order valence-corrected chi connectivity index (χ2v) is 9.83. The molecular weight excluding hydrogens is 421 g/mol. The molecule has 2 aliphatic rings. The first-order chi connectivity index (χ1) is 14.8. The Morgan fingerprint density at radius 3 is 2.32 bits per heavy atom. The molecule has 2 aromatic carbocycles. The van der Waals surface area contributed by atoms with Gasteiger partial charge in [0.05, 0.1) is 4.90 Å². The standard InChI is InChI=1S/C22H24FN3O4S/c23-18-5-7-19(8-6-18)26-15-16(13-21(26)27)14-24-22(28)17-3-9-20(10-4-17)31(29,30)25-11-1-2-12-25/h3-10,16H,1-2,11-15H2,(H,24,28). The normalized spacial score (nSPS) is 19.7. The number of hydrogen-bond acceptors (Lipinski definition) is 4. The van der Waals surface area contributed by atoms with Gasteiger partial charge in [-0.25, -0.2) is 12.8 Å². The third-order valence-corrected chi connectivity index (χ3v) is 7.63. The number of nitrogens with zero attached hydrogens (tertiary/aromatic N) is 2. The highest BCUT2D eigenvalue weighted by atomic mass is 32.2. The average Bonchev–Trinajstić information content (AvgIpc) is 3.43. The number of anilines is 1. The van der Waals surface area contributed by atoms with Gasteiger partial charge >= 0.3 is 0 Å². The van der Waals surface area contributed by atoms with Gasteiger partial charge in [0, 0.05) is 49.8 Å². The van der Waals surface area contributed by atoms with Gasteiger partial charge in [-0.1, -0.05) is 0 Å². The summed E-state index contributed by atoms with van der Waals surface area (Å²) in [6.07, 6.45) is 2.02. The molecule has 2 amide bonds. The lowest BCUT2D eigenvalue weighted by molar-refractivity contribution is -0.117. The number of sulfonamides is 1. The summed E-state index contributed by atoms with van der Waals surface area (Å²) < 4.78 is 39.7. The molecule has 2 fully saturated rings. The molecule has 0 bridgehead atoms. The van der Waals surface area contributed by atoms with Crippen LogP contribution in [0.15, 0.2) is 53.4 Å². The number of amides is 2. The van der Waals surface area contributed by atoms with E-state index in [1.807, 2.05) is 0 Å². The number of halogens is 1. The second kappa shape index (κ2) is 8.76. The first-order valence-electron chi connectivity index (χ1n) is 10.3. The Labute approximate surface area is 180 Å². The van der Waals surface area contributed by atoms with Crippen LogP contribution in [-0.4, -0.2) is 50.7 Å². The first-order valence-corrected chi connectivity index (χ1v) is 11.7. The molecule has 2 saturated heterocycles. The van der Waals surface area contributed by atoms with Crippen LogP contribution in [0, 0.1) is 11.7 Å². The van der Waals surface area contributed by atoms with Crippen LogP contribution >= 0.6 is 0 Å². The Morgan fingerprint density at radius 2 is 1.68 bits per heavy atom. The summed E-state index contributed by atoms with van der Waals surface area (Å²) in [5, 5.41) is 2.82.